The first-order valence-corrected chi connectivity index (χ1v) is 7.01. The van der Waals surface area contributed by atoms with Crippen LogP contribution < -0.4 is 5.56 Å². The predicted molar refractivity (Wildman–Crippen MR) is 86.8 cm³/mol. The van der Waals surface area contributed by atoms with Gasteiger partial charge in [0, 0.05) is 6.20 Å². The van der Waals surface area contributed by atoms with Crippen molar-refractivity contribution in [3.8, 4) is 5.69 Å². The van der Waals surface area contributed by atoms with Crippen LogP contribution in [0, 0.1) is 6.92 Å². The van der Waals surface area contributed by atoms with E-state index >= 15 is 0 Å². The topological polar surface area (TPSA) is 114 Å². The minimum atomic E-state index is -1.31. The first kappa shape index (κ1) is 15.3. The summed E-state index contributed by atoms with van der Waals surface area (Å²) >= 11 is 0. The van der Waals surface area contributed by atoms with Crippen LogP contribution >= 0.6 is 0 Å². The quantitative estimate of drug-likeness (QED) is 0.752. The molecule has 0 aliphatic carbocycles. The molecule has 8 nitrogen and oxygen atoms in total. The third-order valence-corrected chi connectivity index (χ3v) is 3.37. The van der Waals surface area contributed by atoms with Crippen molar-refractivity contribution in [1.82, 2.24) is 24.7 Å². The molecule has 0 saturated carbocycles. The molecular formula is C16H13N5O3. The Hall–Kier alpha value is -3.55. The van der Waals surface area contributed by atoms with Crippen molar-refractivity contribution >= 4 is 18.1 Å². The second-order valence-corrected chi connectivity index (χ2v) is 5.04. The Kier molecular flexibility index (Phi) is 4.02. The molecule has 2 aromatic heterocycles. The molecule has 2 N–H and O–H groups in total. The van der Waals surface area contributed by atoms with Crippen LogP contribution in [-0.2, 0) is 0 Å². The summed E-state index contributed by atoms with van der Waals surface area (Å²) in [6, 6.07) is 5.76. The van der Waals surface area contributed by atoms with Crippen molar-refractivity contribution in [2.75, 3.05) is 0 Å². The van der Waals surface area contributed by atoms with Crippen molar-refractivity contribution in [1.29, 1.82) is 0 Å². The van der Waals surface area contributed by atoms with Crippen LogP contribution in [0.25, 0.3) is 17.8 Å². The number of aryl methyl sites for hydroxylation is 1. The van der Waals surface area contributed by atoms with Gasteiger partial charge in [0.25, 0.3) is 5.56 Å². The lowest BCUT2D eigenvalue weighted by atomic mass is 10.1. The lowest BCUT2D eigenvalue weighted by molar-refractivity contribution is 0.0694. The Balaban J connectivity index is 1.85. The Morgan fingerprint density at radius 1 is 1.33 bits per heavy atom. The van der Waals surface area contributed by atoms with E-state index in [0.717, 1.165) is 23.0 Å². The number of H-pyrrole nitrogens is 1. The average molecular weight is 323 g/mol. The molecule has 0 aliphatic heterocycles. The normalized spacial score (nSPS) is 11.0. The van der Waals surface area contributed by atoms with E-state index in [1.165, 1.54) is 6.33 Å². The van der Waals surface area contributed by atoms with Gasteiger partial charge in [-0.3, -0.25) is 4.79 Å². The van der Waals surface area contributed by atoms with E-state index in [9.17, 15) is 9.59 Å². The largest absolute Gasteiger partial charge is 0.477 e. The fourth-order valence-electron chi connectivity index (χ4n) is 2.19. The molecule has 0 bridgehead atoms. The minimum absolute atomic E-state index is 0.281. The molecule has 0 saturated heterocycles. The summed E-state index contributed by atoms with van der Waals surface area (Å²) in [7, 11) is 0. The molecular weight excluding hydrogens is 310 g/mol. The highest BCUT2D eigenvalue weighted by atomic mass is 16.4. The zero-order valence-corrected chi connectivity index (χ0v) is 12.7. The van der Waals surface area contributed by atoms with Crippen LogP contribution in [0.3, 0.4) is 0 Å². The number of aromatic carboxylic acids is 1. The molecule has 2 heterocycles. The molecule has 3 aromatic rings. The van der Waals surface area contributed by atoms with E-state index < -0.39 is 11.5 Å². The first-order chi connectivity index (χ1) is 11.5. The number of aromatic amines is 1. The maximum atomic E-state index is 11.6. The molecule has 120 valence electrons. The summed E-state index contributed by atoms with van der Waals surface area (Å²) in [5, 5.41) is 12.9. The van der Waals surface area contributed by atoms with Gasteiger partial charge < -0.3 is 10.1 Å². The van der Waals surface area contributed by atoms with E-state index in [2.05, 4.69) is 20.1 Å². The van der Waals surface area contributed by atoms with Crippen molar-refractivity contribution in [2.24, 2.45) is 0 Å². The highest BCUT2D eigenvalue weighted by molar-refractivity contribution is 5.86. The van der Waals surface area contributed by atoms with Crippen LogP contribution in [0.4, 0.5) is 0 Å². The van der Waals surface area contributed by atoms with E-state index in [-0.39, 0.29) is 11.4 Å². The number of carboxylic acids is 1. The third kappa shape index (κ3) is 3.12. The van der Waals surface area contributed by atoms with E-state index in [4.69, 9.17) is 5.11 Å². The number of nitrogens with one attached hydrogen (secondary N) is 1. The fraction of sp³-hybridized carbons (Fsp3) is 0.0625. The van der Waals surface area contributed by atoms with Gasteiger partial charge >= 0.3 is 5.97 Å². The molecule has 0 atom stereocenters. The Morgan fingerprint density at radius 2 is 2.17 bits per heavy atom. The third-order valence-electron chi connectivity index (χ3n) is 3.37. The zero-order valence-electron chi connectivity index (χ0n) is 12.7. The first-order valence-electron chi connectivity index (χ1n) is 7.01. The number of hydrogen-bond donors (Lipinski definition) is 2. The number of nitrogens with zero attached hydrogens (tertiary/aromatic N) is 4. The highest BCUT2D eigenvalue weighted by Crippen LogP contribution is 2.16. The Labute approximate surface area is 136 Å². The molecule has 0 unspecified atom stereocenters. The van der Waals surface area contributed by atoms with Crippen molar-refractivity contribution in [3.63, 3.8) is 0 Å². The van der Waals surface area contributed by atoms with Gasteiger partial charge in [0.2, 0.25) is 0 Å². The standard InChI is InChI=1S/C16H13N5O3/c1-10-6-11(2-4-13(10)21-9-17-8-19-21)3-5-14-18-7-12(16(23)24)15(22)20-14/h2-9H,1H3,(H,23,24)(H,18,20,22)/b5-3+. The predicted octanol–water partition coefficient (Wildman–Crippen LogP) is 1.53. The van der Waals surface area contributed by atoms with Gasteiger partial charge in [-0.25, -0.2) is 19.4 Å². The molecule has 0 aliphatic rings. The highest BCUT2D eigenvalue weighted by Gasteiger charge is 2.08. The molecule has 8 heteroatoms. The summed E-state index contributed by atoms with van der Waals surface area (Å²) in [5.41, 5.74) is 1.75. The van der Waals surface area contributed by atoms with Crippen LogP contribution in [0.2, 0.25) is 0 Å². The number of rotatable bonds is 4. The summed E-state index contributed by atoms with van der Waals surface area (Å²) in [6.07, 6.45) is 7.51. The second kappa shape index (κ2) is 6.29. The van der Waals surface area contributed by atoms with Crippen LogP contribution in [0.5, 0.6) is 0 Å². The van der Waals surface area contributed by atoms with Gasteiger partial charge in [-0.15, -0.1) is 0 Å². The van der Waals surface area contributed by atoms with Crippen molar-refractivity contribution in [2.45, 2.75) is 6.92 Å². The van der Waals surface area contributed by atoms with Crippen molar-refractivity contribution in [3.05, 3.63) is 69.9 Å². The summed E-state index contributed by atoms with van der Waals surface area (Å²) in [6.45, 7) is 1.95. The SMILES string of the molecule is Cc1cc(/C=C/c2ncc(C(=O)O)c(=O)[nH]2)ccc1-n1cncn1. The van der Waals surface area contributed by atoms with E-state index in [0.29, 0.717) is 0 Å². The Bertz CT molecular complexity index is 974. The molecule has 0 radical (unpaired) electrons. The lowest BCUT2D eigenvalue weighted by Gasteiger charge is -2.06. The molecule has 1 aromatic carbocycles. The number of benzene rings is 1. The van der Waals surface area contributed by atoms with Gasteiger partial charge in [0.1, 0.15) is 24.0 Å². The molecule has 0 spiro atoms. The van der Waals surface area contributed by atoms with E-state index in [1.807, 2.05) is 25.1 Å². The summed E-state index contributed by atoms with van der Waals surface area (Å²) in [4.78, 5) is 32.6. The van der Waals surface area contributed by atoms with Crippen LogP contribution in [0.1, 0.15) is 27.3 Å². The maximum Gasteiger partial charge on any atom is 0.342 e. The van der Waals surface area contributed by atoms with Gasteiger partial charge in [0.05, 0.1) is 5.69 Å². The molecule has 0 fully saturated rings. The smallest absolute Gasteiger partial charge is 0.342 e. The summed E-state index contributed by atoms with van der Waals surface area (Å²) in [5.74, 6) is -1.03. The van der Waals surface area contributed by atoms with Gasteiger partial charge in [-0.1, -0.05) is 12.1 Å². The lowest BCUT2D eigenvalue weighted by Crippen LogP contribution is -2.18. The molecule has 24 heavy (non-hydrogen) atoms. The van der Waals surface area contributed by atoms with Crippen LogP contribution in [-0.4, -0.2) is 35.8 Å². The minimum Gasteiger partial charge on any atom is -0.477 e. The second-order valence-electron chi connectivity index (χ2n) is 5.04. The van der Waals surface area contributed by atoms with Gasteiger partial charge in [-0.2, -0.15) is 5.10 Å². The number of carbonyl (C=O) groups is 1. The van der Waals surface area contributed by atoms with Gasteiger partial charge in [-0.05, 0) is 36.3 Å². The maximum absolute atomic E-state index is 11.6. The van der Waals surface area contributed by atoms with E-state index in [1.54, 1.807) is 23.2 Å². The number of hydrogen-bond acceptors (Lipinski definition) is 5. The average Bonchev–Trinajstić information content (AvgIpc) is 3.07. The molecule has 3 rings (SSSR count). The number of carboxylic acid groups (broad SMARTS) is 1. The van der Waals surface area contributed by atoms with Crippen molar-refractivity contribution < 1.29 is 9.90 Å². The number of aromatic nitrogens is 5. The monoisotopic (exact) mass is 323 g/mol. The zero-order chi connectivity index (χ0) is 17.1. The van der Waals surface area contributed by atoms with Crippen LogP contribution in [0.15, 0.2) is 41.8 Å². The molecule has 0 amide bonds. The fourth-order valence-corrected chi connectivity index (χ4v) is 2.19. The van der Waals surface area contributed by atoms with Gasteiger partial charge in [0.15, 0.2) is 0 Å². The summed E-state index contributed by atoms with van der Waals surface area (Å²) < 4.78 is 1.67. The Morgan fingerprint density at radius 3 is 2.79 bits per heavy atom.